The molecule has 3 nitrogen and oxygen atoms in total. The lowest BCUT2D eigenvalue weighted by atomic mass is 9.85. The molecule has 0 aliphatic heterocycles. The van der Waals surface area contributed by atoms with Crippen LogP contribution in [-0.2, 0) is 14.3 Å². The molecule has 1 fully saturated rings. The lowest BCUT2D eigenvalue weighted by molar-refractivity contribution is -0.159. The molecule has 1 atom stereocenters. The van der Waals surface area contributed by atoms with Crippen LogP contribution in [0.25, 0.3) is 0 Å². The number of esters is 1. The molecule has 1 saturated carbocycles. The predicted octanol–water partition coefficient (Wildman–Crippen LogP) is 2.87. The highest BCUT2D eigenvalue weighted by atomic mass is 16.6. The van der Waals surface area contributed by atoms with Crippen LogP contribution in [0.1, 0.15) is 32.1 Å². The smallest absolute Gasteiger partial charge is 0.335 e. The SMILES string of the molecule is C=CCOC(=O)[C@@H](OCC=C)C1CCCCC1. The highest BCUT2D eigenvalue weighted by Crippen LogP contribution is 2.28. The molecule has 3 heteroatoms. The first kappa shape index (κ1) is 14.0. The molecule has 1 rings (SSSR count). The van der Waals surface area contributed by atoms with E-state index < -0.39 is 6.10 Å². The van der Waals surface area contributed by atoms with E-state index in [0.29, 0.717) is 12.5 Å². The van der Waals surface area contributed by atoms with Crippen molar-refractivity contribution in [1.82, 2.24) is 0 Å². The Kier molecular flexibility index (Phi) is 6.63. The van der Waals surface area contributed by atoms with Gasteiger partial charge >= 0.3 is 5.97 Å². The van der Waals surface area contributed by atoms with E-state index in [-0.39, 0.29) is 12.6 Å². The fourth-order valence-electron chi connectivity index (χ4n) is 2.23. The minimum Gasteiger partial charge on any atom is -0.460 e. The van der Waals surface area contributed by atoms with E-state index in [1.807, 2.05) is 0 Å². The maximum Gasteiger partial charge on any atom is 0.335 e. The standard InChI is InChI=1S/C14H22O3/c1-3-10-16-13(14(15)17-11-4-2)12-8-6-5-7-9-12/h3-4,12-13H,1-2,5-11H2/t13-/m0/s1. The third kappa shape index (κ3) is 4.73. The van der Waals surface area contributed by atoms with E-state index in [9.17, 15) is 4.79 Å². The summed E-state index contributed by atoms with van der Waals surface area (Å²) in [7, 11) is 0. The Labute approximate surface area is 103 Å². The van der Waals surface area contributed by atoms with Crippen LogP contribution in [-0.4, -0.2) is 25.3 Å². The second-order valence-corrected chi connectivity index (χ2v) is 4.36. The Balaban J connectivity index is 2.53. The largest absolute Gasteiger partial charge is 0.460 e. The van der Waals surface area contributed by atoms with E-state index in [1.165, 1.54) is 19.3 Å². The molecule has 0 radical (unpaired) electrons. The molecule has 1 aliphatic rings. The summed E-state index contributed by atoms with van der Waals surface area (Å²) in [6, 6.07) is 0. The number of hydrogen-bond acceptors (Lipinski definition) is 3. The van der Waals surface area contributed by atoms with Crippen LogP contribution in [0.5, 0.6) is 0 Å². The Hall–Kier alpha value is -1.09. The molecule has 0 spiro atoms. The van der Waals surface area contributed by atoms with Gasteiger partial charge in [0.2, 0.25) is 0 Å². The molecule has 0 heterocycles. The van der Waals surface area contributed by atoms with Crippen LogP contribution in [0.15, 0.2) is 25.3 Å². The van der Waals surface area contributed by atoms with Crippen LogP contribution in [0.2, 0.25) is 0 Å². The van der Waals surface area contributed by atoms with Gasteiger partial charge in [-0.3, -0.25) is 0 Å². The second-order valence-electron chi connectivity index (χ2n) is 4.36. The van der Waals surface area contributed by atoms with Gasteiger partial charge in [-0.1, -0.05) is 38.0 Å². The van der Waals surface area contributed by atoms with Crippen molar-refractivity contribution < 1.29 is 14.3 Å². The van der Waals surface area contributed by atoms with Gasteiger partial charge < -0.3 is 9.47 Å². The van der Waals surface area contributed by atoms with Crippen LogP contribution < -0.4 is 0 Å². The molecule has 0 unspecified atom stereocenters. The topological polar surface area (TPSA) is 35.5 Å². The van der Waals surface area contributed by atoms with Crippen molar-refractivity contribution in [3.63, 3.8) is 0 Å². The summed E-state index contributed by atoms with van der Waals surface area (Å²) in [6.45, 7) is 7.78. The van der Waals surface area contributed by atoms with Crippen molar-refractivity contribution in [2.75, 3.05) is 13.2 Å². The van der Waals surface area contributed by atoms with E-state index in [1.54, 1.807) is 12.2 Å². The van der Waals surface area contributed by atoms with Gasteiger partial charge in [0.15, 0.2) is 6.10 Å². The lowest BCUT2D eigenvalue weighted by Crippen LogP contribution is -2.35. The number of hydrogen-bond donors (Lipinski definition) is 0. The molecule has 0 bridgehead atoms. The molecular formula is C14H22O3. The average molecular weight is 238 g/mol. The molecule has 96 valence electrons. The predicted molar refractivity (Wildman–Crippen MR) is 67.7 cm³/mol. The molecule has 0 aromatic heterocycles. The molecule has 0 aromatic carbocycles. The molecule has 0 N–H and O–H groups in total. The van der Waals surface area contributed by atoms with Crippen LogP contribution in [0.4, 0.5) is 0 Å². The van der Waals surface area contributed by atoms with E-state index in [2.05, 4.69) is 13.2 Å². The van der Waals surface area contributed by atoms with Crippen molar-refractivity contribution in [3.05, 3.63) is 25.3 Å². The fourth-order valence-corrected chi connectivity index (χ4v) is 2.23. The Morgan fingerprint density at radius 3 is 2.41 bits per heavy atom. The zero-order valence-corrected chi connectivity index (χ0v) is 10.4. The number of rotatable bonds is 7. The molecule has 0 aromatic rings. The minimum absolute atomic E-state index is 0.250. The monoisotopic (exact) mass is 238 g/mol. The van der Waals surface area contributed by atoms with Gasteiger partial charge in [0, 0.05) is 0 Å². The summed E-state index contributed by atoms with van der Waals surface area (Å²) >= 11 is 0. The van der Waals surface area contributed by atoms with E-state index >= 15 is 0 Å². The highest BCUT2D eigenvalue weighted by Gasteiger charge is 2.31. The number of ether oxygens (including phenoxy) is 2. The normalized spacial score (nSPS) is 18.4. The van der Waals surface area contributed by atoms with Crippen LogP contribution >= 0.6 is 0 Å². The van der Waals surface area contributed by atoms with Gasteiger partial charge in [-0.05, 0) is 18.8 Å². The minimum atomic E-state index is -0.437. The lowest BCUT2D eigenvalue weighted by Gasteiger charge is -2.28. The summed E-state index contributed by atoms with van der Waals surface area (Å²) in [5.41, 5.74) is 0. The molecule has 1 aliphatic carbocycles. The Morgan fingerprint density at radius 1 is 1.18 bits per heavy atom. The first-order valence-electron chi connectivity index (χ1n) is 6.29. The Bertz CT molecular complexity index is 254. The molecular weight excluding hydrogens is 216 g/mol. The zero-order valence-electron chi connectivity index (χ0n) is 10.4. The first-order chi connectivity index (χ1) is 8.29. The first-order valence-corrected chi connectivity index (χ1v) is 6.29. The van der Waals surface area contributed by atoms with Crippen molar-refractivity contribution in [2.24, 2.45) is 5.92 Å². The van der Waals surface area contributed by atoms with Gasteiger partial charge in [0.25, 0.3) is 0 Å². The molecule has 0 saturated heterocycles. The summed E-state index contributed by atoms with van der Waals surface area (Å²) < 4.78 is 10.7. The molecule has 17 heavy (non-hydrogen) atoms. The van der Waals surface area contributed by atoms with Crippen molar-refractivity contribution >= 4 is 5.97 Å². The van der Waals surface area contributed by atoms with Gasteiger partial charge in [-0.15, -0.1) is 6.58 Å². The van der Waals surface area contributed by atoms with Crippen LogP contribution in [0, 0.1) is 5.92 Å². The fraction of sp³-hybridized carbons (Fsp3) is 0.643. The maximum absolute atomic E-state index is 11.9. The second kappa shape index (κ2) is 8.07. The van der Waals surface area contributed by atoms with Crippen LogP contribution in [0.3, 0.4) is 0 Å². The van der Waals surface area contributed by atoms with Crippen molar-refractivity contribution in [2.45, 2.75) is 38.2 Å². The zero-order chi connectivity index (χ0) is 12.5. The van der Waals surface area contributed by atoms with Gasteiger partial charge in [0.05, 0.1) is 6.61 Å². The van der Waals surface area contributed by atoms with Gasteiger partial charge in [0.1, 0.15) is 6.61 Å². The van der Waals surface area contributed by atoms with Crippen molar-refractivity contribution in [1.29, 1.82) is 0 Å². The molecule has 0 amide bonds. The maximum atomic E-state index is 11.9. The quantitative estimate of drug-likeness (QED) is 0.505. The van der Waals surface area contributed by atoms with E-state index in [4.69, 9.17) is 9.47 Å². The third-order valence-corrected chi connectivity index (χ3v) is 3.05. The average Bonchev–Trinajstić information content (AvgIpc) is 2.38. The summed E-state index contributed by atoms with van der Waals surface area (Å²) in [5.74, 6) is 0.0275. The number of carbonyl (C=O) groups excluding carboxylic acids is 1. The summed E-state index contributed by atoms with van der Waals surface area (Å²) in [5, 5.41) is 0. The summed E-state index contributed by atoms with van der Waals surface area (Å²) in [4.78, 5) is 11.9. The van der Waals surface area contributed by atoms with Crippen molar-refractivity contribution in [3.8, 4) is 0 Å². The summed E-state index contributed by atoms with van der Waals surface area (Å²) in [6.07, 6.45) is 8.50. The third-order valence-electron chi connectivity index (χ3n) is 3.05. The van der Waals surface area contributed by atoms with Gasteiger partial charge in [-0.25, -0.2) is 4.79 Å². The Morgan fingerprint density at radius 2 is 1.82 bits per heavy atom. The van der Waals surface area contributed by atoms with Gasteiger partial charge in [-0.2, -0.15) is 0 Å². The van der Waals surface area contributed by atoms with E-state index in [0.717, 1.165) is 12.8 Å². The number of carbonyl (C=O) groups is 1. The highest BCUT2D eigenvalue weighted by molar-refractivity contribution is 5.75.